The highest BCUT2D eigenvalue weighted by Gasteiger charge is 2.07. The average molecular weight is 331 g/mol. The minimum Gasteiger partial charge on any atom is -0.277 e. The molecule has 0 bridgehead atoms. The summed E-state index contributed by atoms with van der Waals surface area (Å²) in [6, 6.07) is 10.9. The third kappa shape index (κ3) is 3.24. The second kappa shape index (κ2) is 6.55. The molecule has 0 aliphatic carbocycles. The van der Waals surface area contributed by atoms with Crippen molar-refractivity contribution in [2.24, 2.45) is 5.10 Å². The molecule has 0 saturated heterocycles. The second-order valence-electron chi connectivity index (χ2n) is 4.38. The largest absolute Gasteiger partial charge is 0.281 e. The summed E-state index contributed by atoms with van der Waals surface area (Å²) in [6.07, 6.45) is 3.20. The summed E-state index contributed by atoms with van der Waals surface area (Å²) in [4.78, 5) is 12.4. The molecule has 1 amide bonds. The lowest BCUT2D eigenvalue weighted by molar-refractivity contribution is 0.0959. The SMILES string of the molecule is O=C(N/N=C/c1cn[nH]c1-c1ccc(Cl)cc1)c1cccs1. The Bertz CT molecular complexity index is 793. The normalized spacial score (nSPS) is 11.0. The molecule has 0 fully saturated rings. The fourth-order valence-electron chi connectivity index (χ4n) is 1.86. The lowest BCUT2D eigenvalue weighted by Gasteiger charge is -2.00. The molecule has 0 aliphatic heterocycles. The first kappa shape index (κ1) is 14.5. The molecule has 3 rings (SSSR count). The fraction of sp³-hybridized carbons (Fsp3) is 0. The molecule has 0 unspecified atom stereocenters. The van der Waals surface area contributed by atoms with Crippen LogP contribution in [0.1, 0.15) is 15.2 Å². The molecule has 0 atom stereocenters. The van der Waals surface area contributed by atoms with Crippen LogP contribution in [0.5, 0.6) is 0 Å². The molecule has 7 heteroatoms. The van der Waals surface area contributed by atoms with Gasteiger partial charge in [0.1, 0.15) is 0 Å². The Hall–Kier alpha value is -2.44. The number of aromatic nitrogens is 2. The van der Waals surface area contributed by atoms with Crippen LogP contribution >= 0.6 is 22.9 Å². The highest BCUT2D eigenvalue weighted by atomic mass is 35.5. The van der Waals surface area contributed by atoms with Gasteiger partial charge in [0.15, 0.2) is 0 Å². The molecule has 2 aromatic heterocycles. The molecule has 2 N–H and O–H groups in total. The average Bonchev–Trinajstić information content (AvgIpc) is 3.19. The van der Waals surface area contributed by atoms with Crippen molar-refractivity contribution < 1.29 is 4.79 Å². The highest BCUT2D eigenvalue weighted by Crippen LogP contribution is 2.21. The van der Waals surface area contributed by atoms with Gasteiger partial charge in [-0.25, -0.2) is 5.43 Å². The summed E-state index contributed by atoms with van der Waals surface area (Å²) in [5.41, 5.74) is 5.01. The number of aromatic amines is 1. The lowest BCUT2D eigenvalue weighted by Crippen LogP contribution is -2.16. The van der Waals surface area contributed by atoms with Crippen molar-refractivity contribution in [2.45, 2.75) is 0 Å². The maximum absolute atomic E-state index is 11.8. The molecule has 0 spiro atoms. The summed E-state index contributed by atoms with van der Waals surface area (Å²) in [6.45, 7) is 0. The molecule has 22 heavy (non-hydrogen) atoms. The molecular formula is C15H11ClN4OS. The van der Waals surface area contributed by atoms with Crippen LogP contribution in [0, 0.1) is 0 Å². The van der Waals surface area contributed by atoms with E-state index >= 15 is 0 Å². The molecule has 3 aromatic rings. The minimum atomic E-state index is -0.234. The number of rotatable bonds is 4. The number of benzene rings is 1. The van der Waals surface area contributed by atoms with Gasteiger partial charge in [0.2, 0.25) is 0 Å². The topological polar surface area (TPSA) is 70.1 Å². The van der Waals surface area contributed by atoms with Crippen molar-refractivity contribution in [3.8, 4) is 11.3 Å². The van der Waals surface area contributed by atoms with Crippen molar-refractivity contribution >= 4 is 35.1 Å². The van der Waals surface area contributed by atoms with Gasteiger partial charge in [0, 0.05) is 16.1 Å². The number of thiophene rings is 1. The van der Waals surface area contributed by atoms with Gasteiger partial charge in [0.25, 0.3) is 5.91 Å². The Morgan fingerprint density at radius 2 is 2.14 bits per heavy atom. The second-order valence-corrected chi connectivity index (χ2v) is 5.77. The summed E-state index contributed by atoms with van der Waals surface area (Å²) < 4.78 is 0. The Kier molecular flexibility index (Phi) is 4.32. The maximum atomic E-state index is 11.8. The smallest absolute Gasteiger partial charge is 0.277 e. The van der Waals surface area contributed by atoms with Gasteiger partial charge < -0.3 is 0 Å². The first-order valence-electron chi connectivity index (χ1n) is 6.40. The van der Waals surface area contributed by atoms with Crippen molar-refractivity contribution in [1.29, 1.82) is 0 Å². The molecular weight excluding hydrogens is 320 g/mol. The zero-order valence-corrected chi connectivity index (χ0v) is 12.9. The minimum absolute atomic E-state index is 0.234. The summed E-state index contributed by atoms with van der Waals surface area (Å²) in [5, 5.41) is 13.4. The molecule has 0 aliphatic rings. The quantitative estimate of drug-likeness (QED) is 0.567. The van der Waals surface area contributed by atoms with E-state index in [9.17, 15) is 4.79 Å². The van der Waals surface area contributed by atoms with Gasteiger partial charge in [-0.15, -0.1) is 11.3 Å². The van der Waals surface area contributed by atoms with Crippen LogP contribution in [-0.2, 0) is 0 Å². The van der Waals surface area contributed by atoms with E-state index < -0.39 is 0 Å². The number of hydrogen-bond acceptors (Lipinski definition) is 4. The van der Waals surface area contributed by atoms with E-state index in [1.165, 1.54) is 11.3 Å². The Labute approximate surface area is 135 Å². The van der Waals surface area contributed by atoms with Crippen molar-refractivity contribution in [1.82, 2.24) is 15.6 Å². The number of hydrogen-bond donors (Lipinski definition) is 2. The molecule has 1 aromatic carbocycles. The zero-order valence-electron chi connectivity index (χ0n) is 11.3. The molecule has 2 heterocycles. The predicted molar refractivity (Wildman–Crippen MR) is 88.4 cm³/mol. The van der Waals surface area contributed by atoms with Crippen LogP contribution < -0.4 is 5.43 Å². The summed E-state index contributed by atoms with van der Waals surface area (Å²) in [5.74, 6) is -0.234. The van der Waals surface area contributed by atoms with Gasteiger partial charge in [-0.3, -0.25) is 9.89 Å². The number of carbonyl (C=O) groups excluding carboxylic acids is 1. The molecule has 0 radical (unpaired) electrons. The monoisotopic (exact) mass is 330 g/mol. The Balaban J connectivity index is 1.74. The number of halogens is 1. The van der Waals surface area contributed by atoms with Gasteiger partial charge in [-0.05, 0) is 23.6 Å². The first-order chi connectivity index (χ1) is 10.7. The van der Waals surface area contributed by atoms with Gasteiger partial charge in [-0.1, -0.05) is 29.8 Å². The zero-order chi connectivity index (χ0) is 15.4. The number of amides is 1. The van der Waals surface area contributed by atoms with Crippen LogP contribution in [0.3, 0.4) is 0 Å². The van der Waals surface area contributed by atoms with E-state index in [0.29, 0.717) is 9.90 Å². The molecule has 5 nitrogen and oxygen atoms in total. The van der Waals surface area contributed by atoms with E-state index in [2.05, 4.69) is 20.7 Å². The molecule has 0 saturated carbocycles. The Morgan fingerprint density at radius 3 is 2.86 bits per heavy atom. The standard InChI is InChI=1S/C15H11ClN4OS/c16-12-5-3-10(4-6-12)14-11(8-17-19-14)9-18-20-15(21)13-2-1-7-22-13/h1-9H,(H,17,19)(H,20,21)/b18-9+. The predicted octanol–water partition coefficient (Wildman–Crippen LogP) is 3.56. The maximum Gasteiger partial charge on any atom is 0.281 e. The molecule has 110 valence electrons. The number of nitrogens with one attached hydrogen (secondary N) is 2. The van der Waals surface area contributed by atoms with Gasteiger partial charge >= 0.3 is 0 Å². The van der Waals surface area contributed by atoms with E-state index in [-0.39, 0.29) is 5.91 Å². The summed E-state index contributed by atoms with van der Waals surface area (Å²) in [7, 11) is 0. The number of carbonyl (C=O) groups is 1. The van der Waals surface area contributed by atoms with Crippen molar-refractivity contribution in [2.75, 3.05) is 0 Å². The van der Waals surface area contributed by atoms with Crippen LogP contribution in [0.25, 0.3) is 11.3 Å². The van der Waals surface area contributed by atoms with Gasteiger partial charge in [-0.2, -0.15) is 10.2 Å². The Morgan fingerprint density at radius 1 is 1.32 bits per heavy atom. The third-order valence-electron chi connectivity index (χ3n) is 2.92. The van der Waals surface area contributed by atoms with Crippen LogP contribution in [0.15, 0.2) is 53.1 Å². The number of hydrazone groups is 1. The first-order valence-corrected chi connectivity index (χ1v) is 7.66. The van der Waals surface area contributed by atoms with Crippen molar-refractivity contribution in [3.05, 3.63) is 63.4 Å². The number of nitrogens with zero attached hydrogens (tertiary/aromatic N) is 2. The summed E-state index contributed by atoms with van der Waals surface area (Å²) >= 11 is 7.24. The van der Waals surface area contributed by atoms with Crippen molar-refractivity contribution in [3.63, 3.8) is 0 Å². The van der Waals surface area contributed by atoms with E-state index in [4.69, 9.17) is 11.6 Å². The highest BCUT2D eigenvalue weighted by molar-refractivity contribution is 7.12. The number of H-pyrrole nitrogens is 1. The van der Waals surface area contributed by atoms with Crippen LogP contribution in [0.4, 0.5) is 0 Å². The third-order valence-corrected chi connectivity index (χ3v) is 4.04. The fourth-order valence-corrected chi connectivity index (χ4v) is 2.60. The van der Waals surface area contributed by atoms with Gasteiger partial charge in [0.05, 0.1) is 23.0 Å². The van der Waals surface area contributed by atoms with Crippen LogP contribution in [0.2, 0.25) is 5.02 Å². The van der Waals surface area contributed by atoms with Crippen LogP contribution in [-0.4, -0.2) is 22.3 Å². The van der Waals surface area contributed by atoms with E-state index in [0.717, 1.165) is 16.8 Å². The van der Waals surface area contributed by atoms with E-state index in [1.807, 2.05) is 23.6 Å². The van der Waals surface area contributed by atoms with E-state index in [1.54, 1.807) is 30.6 Å². The lowest BCUT2D eigenvalue weighted by atomic mass is 10.1.